The van der Waals surface area contributed by atoms with Crippen LogP contribution in [0, 0.1) is 11.3 Å². The van der Waals surface area contributed by atoms with Gasteiger partial charge in [0.2, 0.25) is 0 Å². The molecule has 1 rings (SSSR count). The van der Waals surface area contributed by atoms with Crippen molar-refractivity contribution in [3.05, 3.63) is 0 Å². The van der Waals surface area contributed by atoms with Gasteiger partial charge >= 0.3 is 5.97 Å². The molecular formula is C8H14O5S. The second kappa shape index (κ2) is 3.51. The summed E-state index contributed by atoms with van der Waals surface area (Å²) in [6, 6.07) is 0. The van der Waals surface area contributed by atoms with Crippen LogP contribution < -0.4 is 0 Å². The quantitative estimate of drug-likeness (QED) is 0.695. The molecule has 0 spiro atoms. The lowest BCUT2D eigenvalue weighted by Gasteiger charge is -2.09. The molecule has 0 saturated heterocycles. The Labute approximate surface area is 83.0 Å². The lowest BCUT2D eigenvalue weighted by molar-refractivity contribution is -0.146. The summed E-state index contributed by atoms with van der Waals surface area (Å²) < 4.78 is 26.7. The Balaban J connectivity index is 2.67. The van der Waals surface area contributed by atoms with Gasteiger partial charge in [-0.1, -0.05) is 0 Å². The molecule has 14 heavy (non-hydrogen) atoms. The zero-order chi connectivity index (χ0) is 11.0. The summed E-state index contributed by atoms with van der Waals surface area (Å²) in [6.07, 6.45) is 1.51. The molecule has 0 aromatic heterocycles. The highest BCUT2D eigenvalue weighted by molar-refractivity contribution is 7.90. The van der Waals surface area contributed by atoms with E-state index in [2.05, 4.69) is 0 Å². The normalized spacial score (nSPS) is 31.4. The number of ether oxygens (including phenoxy) is 1. The Hall–Kier alpha value is -0.620. The first-order valence-corrected chi connectivity index (χ1v) is 6.28. The summed E-state index contributed by atoms with van der Waals surface area (Å²) >= 11 is 0. The summed E-state index contributed by atoms with van der Waals surface area (Å²) in [6.45, 7) is 0.0858. The van der Waals surface area contributed by atoms with Crippen molar-refractivity contribution in [2.75, 3.05) is 25.7 Å². The van der Waals surface area contributed by atoms with Crippen LogP contribution in [0.5, 0.6) is 0 Å². The zero-order valence-electron chi connectivity index (χ0n) is 8.19. The van der Waals surface area contributed by atoms with E-state index in [0.29, 0.717) is 6.42 Å². The van der Waals surface area contributed by atoms with Crippen molar-refractivity contribution in [3.8, 4) is 0 Å². The first-order valence-electron chi connectivity index (χ1n) is 4.22. The van der Waals surface area contributed by atoms with Gasteiger partial charge in [-0.2, -0.15) is 0 Å². The number of methoxy groups -OCH3 is 1. The molecule has 0 aromatic rings. The van der Waals surface area contributed by atoms with Gasteiger partial charge in [-0.05, 0) is 12.3 Å². The van der Waals surface area contributed by atoms with E-state index in [0.717, 1.165) is 6.26 Å². The third kappa shape index (κ3) is 2.24. The fourth-order valence-electron chi connectivity index (χ4n) is 1.72. The number of hydrogen-bond acceptors (Lipinski definition) is 4. The maximum absolute atomic E-state index is 11.0. The largest absolute Gasteiger partial charge is 0.481 e. The molecule has 0 amide bonds. The van der Waals surface area contributed by atoms with Crippen molar-refractivity contribution in [2.24, 2.45) is 11.3 Å². The van der Waals surface area contributed by atoms with E-state index in [1.165, 1.54) is 7.11 Å². The molecule has 1 aliphatic carbocycles. The van der Waals surface area contributed by atoms with E-state index in [1.54, 1.807) is 0 Å². The molecule has 0 bridgehead atoms. The highest BCUT2D eigenvalue weighted by atomic mass is 32.2. The van der Waals surface area contributed by atoms with Crippen molar-refractivity contribution in [2.45, 2.75) is 6.42 Å². The van der Waals surface area contributed by atoms with Gasteiger partial charge in [0, 0.05) is 13.4 Å². The second-order valence-electron chi connectivity index (χ2n) is 3.89. The number of aliphatic carboxylic acids is 1. The summed E-state index contributed by atoms with van der Waals surface area (Å²) in [4.78, 5) is 10.9. The fourth-order valence-corrected chi connectivity index (χ4v) is 2.89. The van der Waals surface area contributed by atoms with E-state index in [-0.39, 0.29) is 18.3 Å². The topological polar surface area (TPSA) is 80.7 Å². The van der Waals surface area contributed by atoms with Gasteiger partial charge < -0.3 is 9.84 Å². The van der Waals surface area contributed by atoms with E-state index in [9.17, 15) is 13.2 Å². The van der Waals surface area contributed by atoms with E-state index in [1.807, 2.05) is 0 Å². The number of carboxylic acids is 1. The van der Waals surface area contributed by atoms with E-state index >= 15 is 0 Å². The SMILES string of the molecule is COC[C@@]1(C(=O)O)C[C@H]1CS(C)(=O)=O. The lowest BCUT2D eigenvalue weighted by atomic mass is 10.1. The van der Waals surface area contributed by atoms with Gasteiger partial charge in [-0.15, -0.1) is 0 Å². The molecule has 82 valence electrons. The van der Waals surface area contributed by atoms with Crippen LogP contribution in [-0.2, 0) is 19.4 Å². The van der Waals surface area contributed by atoms with Crippen molar-refractivity contribution < 1.29 is 23.1 Å². The number of hydrogen-bond donors (Lipinski definition) is 1. The van der Waals surface area contributed by atoms with Crippen molar-refractivity contribution in [3.63, 3.8) is 0 Å². The molecule has 2 atom stereocenters. The van der Waals surface area contributed by atoms with Crippen LogP contribution in [-0.4, -0.2) is 45.2 Å². The number of carbonyl (C=O) groups is 1. The van der Waals surface area contributed by atoms with E-state index in [4.69, 9.17) is 9.84 Å². The maximum atomic E-state index is 11.0. The molecule has 1 N–H and O–H groups in total. The minimum Gasteiger partial charge on any atom is -0.481 e. The molecule has 0 aromatic carbocycles. The molecule has 6 heteroatoms. The van der Waals surface area contributed by atoms with Gasteiger partial charge in [0.25, 0.3) is 0 Å². The zero-order valence-corrected chi connectivity index (χ0v) is 9.00. The lowest BCUT2D eigenvalue weighted by Crippen LogP contribution is -2.25. The molecule has 0 aliphatic heterocycles. The smallest absolute Gasteiger partial charge is 0.312 e. The van der Waals surface area contributed by atoms with Crippen molar-refractivity contribution in [1.29, 1.82) is 0 Å². The summed E-state index contributed by atoms with van der Waals surface area (Å²) in [5, 5.41) is 8.93. The predicted octanol–water partition coefficient (Wildman–Crippen LogP) is -0.232. The molecule has 1 fully saturated rings. The average molecular weight is 222 g/mol. The van der Waals surface area contributed by atoms with Gasteiger partial charge in [-0.25, -0.2) is 8.42 Å². The highest BCUT2D eigenvalue weighted by Crippen LogP contribution is 2.53. The predicted molar refractivity (Wildman–Crippen MR) is 49.8 cm³/mol. The first-order chi connectivity index (χ1) is 6.32. The van der Waals surface area contributed by atoms with Crippen LogP contribution in [0.3, 0.4) is 0 Å². The van der Waals surface area contributed by atoms with E-state index < -0.39 is 21.2 Å². The Morgan fingerprint density at radius 1 is 1.64 bits per heavy atom. The van der Waals surface area contributed by atoms with Crippen LogP contribution in [0.1, 0.15) is 6.42 Å². The van der Waals surface area contributed by atoms with Gasteiger partial charge in [0.05, 0.1) is 17.8 Å². The molecule has 0 unspecified atom stereocenters. The minimum absolute atomic E-state index is 0.0668. The van der Waals surface area contributed by atoms with Crippen LogP contribution in [0.4, 0.5) is 0 Å². The monoisotopic (exact) mass is 222 g/mol. The van der Waals surface area contributed by atoms with Crippen LogP contribution in [0.15, 0.2) is 0 Å². The Kier molecular flexibility index (Phi) is 2.87. The standard InChI is InChI=1S/C8H14O5S/c1-13-5-8(7(9)10)3-6(8)4-14(2,11)12/h6H,3-5H2,1-2H3,(H,9,10)/t6-,8-/m0/s1. The molecule has 1 aliphatic rings. The molecule has 1 saturated carbocycles. The molecule has 5 nitrogen and oxygen atoms in total. The Morgan fingerprint density at radius 2 is 2.21 bits per heavy atom. The Bertz CT molecular complexity index is 334. The fraction of sp³-hybridized carbons (Fsp3) is 0.875. The number of carboxylic acid groups (broad SMARTS) is 1. The van der Waals surface area contributed by atoms with Gasteiger partial charge in [0.1, 0.15) is 9.84 Å². The van der Waals surface area contributed by atoms with Crippen LogP contribution in [0.25, 0.3) is 0 Å². The second-order valence-corrected chi connectivity index (χ2v) is 6.07. The molecular weight excluding hydrogens is 208 g/mol. The third-order valence-electron chi connectivity index (χ3n) is 2.56. The van der Waals surface area contributed by atoms with Crippen LogP contribution >= 0.6 is 0 Å². The number of rotatable bonds is 5. The van der Waals surface area contributed by atoms with Gasteiger partial charge in [-0.3, -0.25) is 4.79 Å². The Morgan fingerprint density at radius 3 is 2.57 bits per heavy atom. The highest BCUT2D eigenvalue weighted by Gasteiger charge is 2.61. The third-order valence-corrected chi connectivity index (χ3v) is 3.57. The van der Waals surface area contributed by atoms with Gasteiger partial charge in [0.15, 0.2) is 0 Å². The van der Waals surface area contributed by atoms with Crippen molar-refractivity contribution >= 4 is 15.8 Å². The molecule has 0 heterocycles. The van der Waals surface area contributed by atoms with Crippen molar-refractivity contribution in [1.82, 2.24) is 0 Å². The van der Waals surface area contributed by atoms with Crippen LogP contribution in [0.2, 0.25) is 0 Å². The summed E-state index contributed by atoms with van der Waals surface area (Å²) in [5.41, 5.74) is -0.960. The minimum atomic E-state index is -3.10. The average Bonchev–Trinajstić information content (AvgIpc) is 2.61. The first kappa shape index (κ1) is 11.5. The summed E-state index contributed by atoms with van der Waals surface area (Å²) in [5.74, 6) is -1.33. The number of sulfone groups is 1. The summed E-state index contributed by atoms with van der Waals surface area (Å²) in [7, 11) is -1.69. The maximum Gasteiger partial charge on any atom is 0.312 e. The molecule has 0 radical (unpaired) electrons.